The molecule has 0 amide bonds. The van der Waals surface area contributed by atoms with Gasteiger partial charge in [0.2, 0.25) is 10.7 Å². The minimum atomic E-state index is -0.270. The Morgan fingerprint density at radius 2 is 1.71 bits per heavy atom. The molecule has 5 aromatic rings. The van der Waals surface area contributed by atoms with Crippen LogP contribution in [0.1, 0.15) is 11.1 Å². The zero-order chi connectivity index (χ0) is 23.7. The number of aromatic nitrogens is 2. The van der Waals surface area contributed by atoms with E-state index in [4.69, 9.17) is 4.74 Å². The quantitative estimate of drug-likeness (QED) is 0.308. The van der Waals surface area contributed by atoms with E-state index in [1.165, 1.54) is 22.1 Å². The summed E-state index contributed by atoms with van der Waals surface area (Å²) in [5.41, 5.74) is 2.10. The SMILES string of the molecule is COc1ccc(Cn2c(O)c(C=NN=c3sc4ccccc4n3C)c3ccccc3c2=O)cc1. The van der Waals surface area contributed by atoms with Crippen molar-refractivity contribution in [3.05, 3.63) is 99.1 Å². The summed E-state index contributed by atoms with van der Waals surface area (Å²) in [5, 5.41) is 20.9. The van der Waals surface area contributed by atoms with Crippen LogP contribution in [-0.2, 0) is 13.6 Å². The lowest BCUT2D eigenvalue weighted by Gasteiger charge is -2.13. The molecule has 0 fully saturated rings. The lowest BCUT2D eigenvalue weighted by atomic mass is 10.1. The molecule has 0 unspecified atom stereocenters. The van der Waals surface area contributed by atoms with Crippen LogP contribution in [0.15, 0.2) is 87.8 Å². The van der Waals surface area contributed by atoms with Crippen molar-refractivity contribution in [3.63, 3.8) is 0 Å². The van der Waals surface area contributed by atoms with E-state index in [-0.39, 0.29) is 18.0 Å². The summed E-state index contributed by atoms with van der Waals surface area (Å²) in [6.07, 6.45) is 1.51. The van der Waals surface area contributed by atoms with Gasteiger partial charge in [-0.2, -0.15) is 5.10 Å². The van der Waals surface area contributed by atoms with Gasteiger partial charge in [-0.05, 0) is 35.9 Å². The molecule has 0 atom stereocenters. The molecule has 0 aliphatic rings. The molecule has 0 bridgehead atoms. The molecule has 5 rings (SSSR count). The van der Waals surface area contributed by atoms with Gasteiger partial charge < -0.3 is 14.4 Å². The monoisotopic (exact) mass is 470 g/mol. The number of para-hydroxylation sites is 1. The highest BCUT2D eigenvalue weighted by atomic mass is 32.1. The molecule has 0 aliphatic carbocycles. The number of fused-ring (bicyclic) bond motifs is 2. The Hall–Kier alpha value is -4.17. The minimum Gasteiger partial charge on any atom is -0.497 e. The van der Waals surface area contributed by atoms with Gasteiger partial charge in [0.15, 0.2) is 0 Å². The Balaban J connectivity index is 1.61. The molecule has 170 valence electrons. The molecular weight excluding hydrogens is 448 g/mol. The molecule has 0 saturated carbocycles. The van der Waals surface area contributed by atoms with Gasteiger partial charge in [0.1, 0.15) is 5.75 Å². The molecule has 0 spiro atoms. The van der Waals surface area contributed by atoms with Crippen molar-refractivity contribution in [2.24, 2.45) is 17.3 Å². The molecule has 8 heteroatoms. The first-order chi connectivity index (χ1) is 16.6. The minimum absolute atomic E-state index is 0.154. The van der Waals surface area contributed by atoms with E-state index >= 15 is 0 Å². The van der Waals surface area contributed by atoms with Crippen LogP contribution < -0.4 is 15.1 Å². The van der Waals surface area contributed by atoms with Crippen LogP contribution in [-0.4, -0.2) is 27.6 Å². The highest BCUT2D eigenvalue weighted by molar-refractivity contribution is 7.16. The van der Waals surface area contributed by atoms with Crippen molar-refractivity contribution in [2.75, 3.05) is 7.11 Å². The van der Waals surface area contributed by atoms with Crippen molar-refractivity contribution in [1.82, 2.24) is 9.13 Å². The molecule has 2 aromatic heterocycles. The van der Waals surface area contributed by atoms with Crippen molar-refractivity contribution < 1.29 is 9.84 Å². The maximum Gasteiger partial charge on any atom is 0.261 e. The van der Waals surface area contributed by atoms with Crippen molar-refractivity contribution in [2.45, 2.75) is 6.54 Å². The normalized spacial score (nSPS) is 12.2. The van der Waals surface area contributed by atoms with Crippen LogP contribution in [0.3, 0.4) is 0 Å². The van der Waals surface area contributed by atoms with Crippen molar-refractivity contribution >= 4 is 38.5 Å². The maximum absolute atomic E-state index is 13.2. The van der Waals surface area contributed by atoms with E-state index in [2.05, 4.69) is 10.2 Å². The number of methoxy groups -OCH3 is 1. The number of aryl methyl sites for hydroxylation is 1. The molecule has 0 radical (unpaired) electrons. The summed E-state index contributed by atoms with van der Waals surface area (Å²) in [7, 11) is 3.54. The van der Waals surface area contributed by atoms with Crippen LogP contribution in [0.2, 0.25) is 0 Å². The van der Waals surface area contributed by atoms with E-state index in [0.29, 0.717) is 16.3 Å². The first-order valence-electron chi connectivity index (χ1n) is 10.7. The number of pyridine rings is 1. The fourth-order valence-corrected chi connectivity index (χ4v) is 4.89. The number of hydrogen-bond acceptors (Lipinski definition) is 6. The summed E-state index contributed by atoms with van der Waals surface area (Å²) in [5.74, 6) is 0.571. The summed E-state index contributed by atoms with van der Waals surface area (Å²) < 4.78 is 9.64. The summed E-state index contributed by atoms with van der Waals surface area (Å²) in [6.45, 7) is 0.211. The second kappa shape index (κ2) is 8.99. The van der Waals surface area contributed by atoms with Gasteiger partial charge in [-0.15, -0.1) is 5.10 Å². The standard InChI is InChI=1S/C26H22N4O3S/c1-29-22-9-5-6-10-23(22)34-26(29)28-27-15-21-19-7-3-4-8-20(19)24(31)30(25(21)32)16-17-11-13-18(33-2)14-12-17/h3-15,32H,16H2,1-2H3. The third-order valence-electron chi connectivity index (χ3n) is 5.73. The zero-order valence-electron chi connectivity index (χ0n) is 18.7. The fourth-order valence-electron chi connectivity index (χ4n) is 3.91. The van der Waals surface area contributed by atoms with Gasteiger partial charge in [-0.3, -0.25) is 9.36 Å². The second-order valence-corrected chi connectivity index (χ2v) is 8.79. The number of thiazole rings is 1. The van der Waals surface area contributed by atoms with Crippen molar-refractivity contribution in [3.8, 4) is 11.6 Å². The zero-order valence-corrected chi connectivity index (χ0v) is 19.5. The van der Waals surface area contributed by atoms with Gasteiger partial charge >= 0.3 is 0 Å². The molecule has 0 saturated heterocycles. The van der Waals surface area contributed by atoms with E-state index in [9.17, 15) is 9.90 Å². The molecular formula is C26H22N4O3S. The summed E-state index contributed by atoms with van der Waals surface area (Å²) in [6, 6.07) is 22.6. The Morgan fingerprint density at radius 3 is 2.44 bits per heavy atom. The highest BCUT2D eigenvalue weighted by Crippen LogP contribution is 2.24. The molecule has 1 N–H and O–H groups in total. The Bertz CT molecular complexity index is 1660. The van der Waals surface area contributed by atoms with E-state index in [0.717, 1.165) is 26.3 Å². The van der Waals surface area contributed by atoms with Gasteiger partial charge in [0, 0.05) is 17.8 Å². The van der Waals surface area contributed by atoms with Gasteiger partial charge in [0.25, 0.3) is 5.56 Å². The smallest absolute Gasteiger partial charge is 0.261 e. The predicted octanol–water partition coefficient (Wildman–Crippen LogP) is 4.25. The van der Waals surface area contributed by atoms with Crippen molar-refractivity contribution in [1.29, 1.82) is 0 Å². The topological polar surface area (TPSA) is 81.1 Å². The first kappa shape index (κ1) is 21.7. The molecule has 34 heavy (non-hydrogen) atoms. The number of benzene rings is 3. The third kappa shape index (κ3) is 3.88. The lowest BCUT2D eigenvalue weighted by molar-refractivity contribution is 0.412. The average Bonchev–Trinajstić information content (AvgIpc) is 3.19. The molecule has 2 heterocycles. The van der Waals surface area contributed by atoms with E-state index in [1.54, 1.807) is 25.3 Å². The molecule has 0 aliphatic heterocycles. The van der Waals surface area contributed by atoms with Crippen LogP contribution in [0.25, 0.3) is 21.0 Å². The third-order valence-corrected chi connectivity index (χ3v) is 6.84. The number of hydrogen-bond donors (Lipinski definition) is 1. The van der Waals surface area contributed by atoms with Crippen LogP contribution in [0.4, 0.5) is 0 Å². The lowest BCUT2D eigenvalue weighted by Crippen LogP contribution is -2.22. The summed E-state index contributed by atoms with van der Waals surface area (Å²) in [4.78, 5) is 13.9. The number of nitrogens with zero attached hydrogens (tertiary/aromatic N) is 4. The number of rotatable bonds is 5. The van der Waals surface area contributed by atoms with Crippen LogP contribution in [0, 0.1) is 0 Å². The maximum atomic E-state index is 13.2. The van der Waals surface area contributed by atoms with Crippen LogP contribution >= 0.6 is 11.3 Å². The average molecular weight is 471 g/mol. The van der Waals surface area contributed by atoms with E-state index < -0.39 is 0 Å². The first-order valence-corrected chi connectivity index (χ1v) is 11.5. The van der Waals surface area contributed by atoms with Gasteiger partial charge in [0.05, 0.1) is 35.6 Å². The predicted molar refractivity (Wildman–Crippen MR) is 136 cm³/mol. The fraction of sp³-hybridized carbons (Fsp3) is 0.115. The van der Waals surface area contributed by atoms with Gasteiger partial charge in [-0.25, -0.2) is 0 Å². The number of aromatic hydroxyl groups is 1. The van der Waals surface area contributed by atoms with Gasteiger partial charge in [-0.1, -0.05) is 53.8 Å². The molecule has 3 aromatic carbocycles. The Labute approximate surface area is 199 Å². The largest absolute Gasteiger partial charge is 0.497 e. The highest BCUT2D eigenvalue weighted by Gasteiger charge is 2.15. The second-order valence-electron chi connectivity index (χ2n) is 7.78. The molecule has 7 nitrogen and oxygen atoms in total. The summed E-state index contributed by atoms with van der Waals surface area (Å²) >= 11 is 1.53. The Kier molecular flexibility index (Phi) is 5.73. The van der Waals surface area contributed by atoms with Crippen LogP contribution in [0.5, 0.6) is 11.6 Å². The Morgan fingerprint density at radius 1 is 1.00 bits per heavy atom. The number of ether oxygens (including phenoxy) is 1. The van der Waals surface area contributed by atoms with E-state index in [1.807, 2.05) is 66.2 Å².